The van der Waals surface area contributed by atoms with Gasteiger partial charge in [-0.2, -0.15) is 11.8 Å². The Morgan fingerprint density at radius 2 is 2.33 bits per heavy atom. The molecule has 0 radical (unpaired) electrons. The van der Waals surface area contributed by atoms with Gasteiger partial charge in [0.25, 0.3) is 0 Å². The van der Waals surface area contributed by atoms with E-state index in [4.69, 9.17) is 22.7 Å². The molecule has 1 aliphatic heterocycles. The predicted molar refractivity (Wildman–Crippen MR) is 92.2 cm³/mol. The summed E-state index contributed by atoms with van der Waals surface area (Å²) in [5.74, 6) is 2.99. The average molecular weight is 326 g/mol. The van der Waals surface area contributed by atoms with Gasteiger partial charge in [0.1, 0.15) is 23.4 Å². The Morgan fingerprint density at radius 3 is 3.00 bits per heavy atom. The molecule has 2 unspecified atom stereocenters. The van der Waals surface area contributed by atoms with Gasteiger partial charge in [-0.1, -0.05) is 24.4 Å². The fourth-order valence-corrected chi connectivity index (χ4v) is 3.85. The number of hydrogen-bond donors (Lipinski definition) is 2. The molecule has 1 aromatic rings. The number of aliphatic hydroxyl groups is 1. The van der Waals surface area contributed by atoms with Crippen LogP contribution in [0.5, 0.6) is 5.75 Å². The average Bonchev–Trinajstić information content (AvgIpc) is 2.99. The minimum atomic E-state index is -0.528. The van der Waals surface area contributed by atoms with Crippen LogP contribution >= 0.6 is 24.0 Å². The summed E-state index contributed by atoms with van der Waals surface area (Å²) >= 11 is 6.97. The molecule has 0 amide bonds. The van der Waals surface area contributed by atoms with Crippen LogP contribution in [0.25, 0.3) is 0 Å². The maximum Gasteiger partial charge on any atom is 0.129 e. The van der Waals surface area contributed by atoms with Gasteiger partial charge in [-0.3, -0.25) is 4.90 Å². The maximum absolute atomic E-state index is 10.1. The van der Waals surface area contributed by atoms with Crippen molar-refractivity contribution < 1.29 is 9.84 Å². The number of thioether (sulfide) groups is 1. The SMILES string of the molecule is CN(CC(O)COc1ccccc1C(N)=S)C1CCSC1. The molecule has 0 aromatic heterocycles. The van der Waals surface area contributed by atoms with Crippen molar-refractivity contribution in [1.29, 1.82) is 0 Å². The molecular formula is C15H22N2O2S2. The molecular weight excluding hydrogens is 304 g/mol. The van der Waals surface area contributed by atoms with Crippen LogP contribution in [-0.4, -0.2) is 58.8 Å². The second kappa shape index (κ2) is 7.98. The second-order valence-corrected chi connectivity index (χ2v) is 6.87. The maximum atomic E-state index is 10.1. The number of benzene rings is 1. The first kappa shape index (κ1) is 16.5. The van der Waals surface area contributed by atoms with Crippen LogP contribution in [0.3, 0.4) is 0 Å². The molecule has 0 aliphatic carbocycles. The van der Waals surface area contributed by atoms with Crippen LogP contribution in [0.4, 0.5) is 0 Å². The van der Waals surface area contributed by atoms with E-state index in [-0.39, 0.29) is 6.61 Å². The van der Waals surface area contributed by atoms with E-state index in [1.165, 1.54) is 12.2 Å². The normalized spacial score (nSPS) is 19.7. The van der Waals surface area contributed by atoms with E-state index in [9.17, 15) is 5.11 Å². The molecule has 6 heteroatoms. The Bertz CT molecular complexity index is 478. The van der Waals surface area contributed by atoms with Crippen LogP contribution < -0.4 is 10.5 Å². The number of nitrogens with zero attached hydrogens (tertiary/aromatic N) is 1. The molecule has 1 fully saturated rings. The number of hydrogen-bond acceptors (Lipinski definition) is 5. The van der Waals surface area contributed by atoms with Crippen molar-refractivity contribution in [3.8, 4) is 5.75 Å². The Hall–Kier alpha value is -0.820. The second-order valence-electron chi connectivity index (χ2n) is 5.28. The molecule has 1 aliphatic rings. The summed E-state index contributed by atoms with van der Waals surface area (Å²) in [6.07, 6.45) is 0.666. The highest BCUT2D eigenvalue weighted by Gasteiger charge is 2.22. The molecule has 116 valence electrons. The van der Waals surface area contributed by atoms with E-state index in [0.717, 1.165) is 5.75 Å². The van der Waals surface area contributed by atoms with E-state index in [0.29, 0.717) is 28.9 Å². The number of nitrogens with two attached hydrogens (primary N) is 1. The minimum Gasteiger partial charge on any atom is -0.490 e. The van der Waals surface area contributed by atoms with Gasteiger partial charge in [-0.05, 0) is 31.4 Å². The molecule has 1 saturated heterocycles. The summed E-state index contributed by atoms with van der Waals surface area (Å²) in [6.45, 7) is 0.851. The van der Waals surface area contributed by atoms with Gasteiger partial charge in [0.2, 0.25) is 0 Å². The monoisotopic (exact) mass is 326 g/mol. The number of thiocarbonyl (C=S) groups is 1. The lowest BCUT2D eigenvalue weighted by molar-refractivity contribution is 0.0664. The molecule has 1 aromatic carbocycles. The molecule has 1 heterocycles. The van der Waals surface area contributed by atoms with Crippen molar-refractivity contribution in [2.45, 2.75) is 18.6 Å². The quantitative estimate of drug-likeness (QED) is 0.741. The van der Waals surface area contributed by atoms with E-state index in [1.54, 1.807) is 0 Å². The van der Waals surface area contributed by atoms with Crippen molar-refractivity contribution in [3.63, 3.8) is 0 Å². The summed E-state index contributed by atoms with van der Waals surface area (Å²) in [5, 5.41) is 10.1. The van der Waals surface area contributed by atoms with Crippen LogP contribution in [0.2, 0.25) is 0 Å². The standard InChI is InChI=1S/C15H22N2O2S2/c1-17(11-6-7-21-10-11)8-12(18)9-19-14-5-3-2-4-13(14)15(16)20/h2-5,11-12,18H,6-10H2,1H3,(H2,16,20). The van der Waals surface area contributed by atoms with Crippen LogP contribution in [-0.2, 0) is 0 Å². The number of rotatable bonds is 7. The van der Waals surface area contributed by atoms with Crippen molar-refractivity contribution in [3.05, 3.63) is 29.8 Å². The van der Waals surface area contributed by atoms with Crippen molar-refractivity contribution in [2.24, 2.45) is 5.73 Å². The zero-order valence-electron chi connectivity index (χ0n) is 12.2. The first-order valence-electron chi connectivity index (χ1n) is 7.05. The minimum absolute atomic E-state index is 0.240. The third-order valence-corrected chi connectivity index (χ3v) is 4.98. The van der Waals surface area contributed by atoms with Crippen LogP contribution in [0.15, 0.2) is 24.3 Å². The summed E-state index contributed by atoms with van der Waals surface area (Å²) in [6, 6.07) is 7.94. The summed E-state index contributed by atoms with van der Waals surface area (Å²) in [7, 11) is 2.06. The Morgan fingerprint density at radius 1 is 1.57 bits per heavy atom. The molecule has 0 saturated carbocycles. The fourth-order valence-electron chi connectivity index (χ4n) is 2.39. The lowest BCUT2D eigenvalue weighted by Gasteiger charge is -2.26. The van der Waals surface area contributed by atoms with E-state index in [1.807, 2.05) is 36.0 Å². The molecule has 4 nitrogen and oxygen atoms in total. The Balaban J connectivity index is 1.83. The highest BCUT2D eigenvalue weighted by Crippen LogP contribution is 2.22. The predicted octanol–water partition coefficient (Wildman–Crippen LogP) is 1.50. The van der Waals surface area contributed by atoms with Gasteiger partial charge < -0.3 is 15.6 Å². The van der Waals surface area contributed by atoms with Gasteiger partial charge in [-0.25, -0.2) is 0 Å². The lowest BCUT2D eigenvalue weighted by Crippen LogP contribution is -2.39. The molecule has 21 heavy (non-hydrogen) atoms. The zero-order chi connectivity index (χ0) is 15.2. The van der Waals surface area contributed by atoms with E-state index < -0.39 is 6.10 Å². The molecule has 0 bridgehead atoms. The van der Waals surface area contributed by atoms with Gasteiger partial charge in [0.15, 0.2) is 0 Å². The van der Waals surface area contributed by atoms with E-state index >= 15 is 0 Å². The van der Waals surface area contributed by atoms with Crippen molar-refractivity contribution >= 4 is 29.0 Å². The van der Waals surface area contributed by atoms with Gasteiger partial charge >= 0.3 is 0 Å². The third kappa shape index (κ3) is 4.85. The fraction of sp³-hybridized carbons (Fsp3) is 0.533. The third-order valence-electron chi connectivity index (χ3n) is 3.61. The van der Waals surface area contributed by atoms with Crippen LogP contribution in [0.1, 0.15) is 12.0 Å². The lowest BCUT2D eigenvalue weighted by atomic mass is 10.2. The van der Waals surface area contributed by atoms with Gasteiger partial charge in [0, 0.05) is 18.3 Å². The van der Waals surface area contributed by atoms with E-state index in [2.05, 4.69) is 11.9 Å². The highest BCUT2D eigenvalue weighted by molar-refractivity contribution is 7.99. The number of ether oxygens (including phenoxy) is 1. The van der Waals surface area contributed by atoms with Crippen molar-refractivity contribution in [2.75, 3.05) is 31.7 Å². The van der Waals surface area contributed by atoms with Gasteiger partial charge in [-0.15, -0.1) is 0 Å². The molecule has 0 spiro atoms. The number of aliphatic hydroxyl groups excluding tert-OH is 1. The molecule has 2 atom stereocenters. The highest BCUT2D eigenvalue weighted by atomic mass is 32.2. The topological polar surface area (TPSA) is 58.7 Å². The smallest absolute Gasteiger partial charge is 0.129 e. The first-order valence-corrected chi connectivity index (χ1v) is 8.62. The van der Waals surface area contributed by atoms with Crippen LogP contribution in [0, 0.1) is 0 Å². The largest absolute Gasteiger partial charge is 0.490 e. The summed E-state index contributed by atoms with van der Waals surface area (Å²) in [5.41, 5.74) is 6.37. The Labute approximate surface area is 135 Å². The number of para-hydroxylation sites is 1. The first-order chi connectivity index (χ1) is 10.1. The Kier molecular flexibility index (Phi) is 6.29. The number of likely N-dealkylation sites (N-methyl/N-ethyl adjacent to an activating group) is 1. The summed E-state index contributed by atoms with van der Waals surface area (Å²) in [4.78, 5) is 2.52. The summed E-state index contributed by atoms with van der Waals surface area (Å²) < 4.78 is 5.67. The molecule has 2 rings (SSSR count). The van der Waals surface area contributed by atoms with Gasteiger partial charge in [0.05, 0.1) is 5.56 Å². The van der Waals surface area contributed by atoms with Crippen molar-refractivity contribution in [1.82, 2.24) is 4.90 Å². The molecule has 3 N–H and O–H groups in total. The zero-order valence-corrected chi connectivity index (χ0v) is 13.8.